The molecule has 8 heteroatoms. The molecule has 1 fully saturated rings. The lowest BCUT2D eigenvalue weighted by molar-refractivity contribution is -1.12. The van der Waals surface area contributed by atoms with Crippen LogP contribution in [0, 0.1) is 5.82 Å². The normalized spacial score (nSPS) is 19.2. The molecule has 0 saturated carbocycles. The minimum atomic E-state index is -1.06. The standard InChI is InChI=1S/C9H12FN3O4/c10-7-5-12(9(15)11-8(7)14)6-13(16)1-3-17-4-2-13/h5,16H,1-4,6H2/p+1. The smallest absolute Gasteiger partial charge is 0.332 e. The first-order chi connectivity index (χ1) is 8.00. The Labute approximate surface area is 95.2 Å². The van der Waals surface area contributed by atoms with Crippen LogP contribution in [0.1, 0.15) is 0 Å². The molecule has 0 aromatic carbocycles. The van der Waals surface area contributed by atoms with E-state index < -0.39 is 21.7 Å². The van der Waals surface area contributed by atoms with Crippen LogP contribution in [0.5, 0.6) is 0 Å². The molecule has 0 unspecified atom stereocenters. The van der Waals surface area contributed by atoms with Gasteiger partial charge in [-0.05, 0) is 0 Å². The molecule has 17 heavy (non-hydrogen) atoms. The van der Waals surface area contributed by atoms with Crippen LogP contribution in [0.2, 0.25) is 0 Å². The van der Waals surface area contributed by atoms with Crippen molar-refractivity contribution in [2.45, 2.75) is 6.67 Å². The van der Waals surface area contributed by atoms with Crippen molar-refractivity contribution in [1.82, 2.24) is 9.55 Å². The van der Waals surface area contributed by atoms with Gasteiger partial charge in [-0.15, -0.1) is 0 Å². The first-order valence-electron chi connectivity index (χ1n) is 5.16. The van der Waals surface area contributed by atoms with Crippen LogP contribution in [0.4, 0.5) is 4.39 Å². The van der Waals surface area contributed by atoms with Gasteiger partial charge in [-0.3, -0.25) is 9.78 Å². The Morgan fingerprint density at radius 3 is 2.76 bits per heavy atom. The highest BCUT2D eigenvalue weighted by Gasteiger charge is 2.30. The van der Waals surface area contributed by atoms with Crippen molar-refractivity contribution >= 4 is 0 Å². The van der Waals surface area contributed by atoms with Crippen molar-refractivity contribution in [3.05, 3.63) is 32.9 Å². The highest BCUT2D eigenvalue weighted by Crippen LogP contribution is 2.08. The third kappa shape index (κ3) is 2.60. The maximum absolute atomic E-state index is 13.0. The maximum atomic E-state index is 13.0. The van der Waals surface area contributed by atoms with E-state index in [1.807, 2.05) is 4.98 Å². The predicted octanol–water partition coefficient (Wildman–Crippen LogP) is -1.13. The van der Waals surface area contributed by atoms with Crippen molar-refractivity contribution in [3.8, 4) is 0 Å². The van der Waals surface area contributed by atoms with Crippen LogP contribution in [0.3, 0.4) is 0 Å². The van der Waals surface area contributed by atoms with Gasteiger partial charge in [-0.1, -0.05) is 0 Å². The number of hydroxylamine groups is 3. The summed E-state index contributed by atoms with van der Waals surface area (Å²) in [6.45, 7) is 1.25. The molecule has 0 atom stereocenters. The van der Waals surface area contributed by atoms with Gasteiger partial charge < -0.3 is 4.74 Å². The molecule has 2 rings (SSSR count). The topological polar surface area (TPSA) is 84.3 Å². The Morgan fingerprint density at radius 2 is 2.12 bits per heavy atom. The van der Waals surface area contributed by atoms with Crippen molar-refractivity contribution in [2.75, 3.05) is 26.3 Å². The molecule has 7 nitrogen and oxygen atoms in total. The Morgan fingerprint density at radius 1 is 1.47 bits per heavy atom. The van der Waals surface area contributed by atoms with Gasteiger partial charge in [0.05, 0.1) is 19.4 Å². The third-order valence-electron chi connectivity index (χ3n) is 2.69. The molecule has 0 amide bonds. The van der Waals surface area contributed by atoms with E-state index in [0.29, 0.717) is 26.3 Å². The first-order valence-corrected chi connectivity index (χ1v) is 5.16. The fourth-order valence-electron chi connectivity index (χ4n) is 1.70. The van der Waals surface area contributed by atoms with Crippen LogP contribution in [0.15, 0.2) is 15.8 Å². The zero-order valence-electron chi connectivity index (χ0n) is 9.06. The van der Waals surface area contributed by atoms with Gasteiger partial charge in [-0.2, -0.15) is 9.04 Å². The summed E-state index contributed by atoms with van der Waals surface area (Å²) in [5.41, 5.74) is -1.80. The number of nitrogens with zero attached hydrogens (tertiary/aromatic N) is 2. The fourth-order valence-corrected chi connectivity index (χ4v) is 1.70. The highest BCUT2D eigenvalue weighted by molar-refractivity contribution is 4.86. The number of nitrogens with one attached hydrogen (secondary N) is 1. The van der Waals surface area contributed by atoms with Crippen molar-refractivity contribution in [2.24, 2.45) is 0 Å². The number of hydrogen-bond acceptors (Lipinski definition) is 4. The number of quaternary nitrogens is 1. The van der Waals surface area contributed by atoms with E-state index in [0.717, 1.165) is 10.8 Å². The van der Waals surface area contributed by atoms with E-state index in [1.54, 1.807) is 0 Å². The summed E-state index contributed by atoms with van der Waals surface area (Å²) < 4.78 is 18.6. The second kappa shape index (κ2) is 4.40. The summed E-state index contributed by atoms with van der Waals surface area (Å²) in [5, 5.41) is 10.1. The summed E-state index contributed by atoms with van der Waals surface area (Å²) in [5.74, 6) is -1.05. The summed E-state index contributed by atoms with van der Waals surface area (Å²) >= 11 is 0. The van der Waals surface area contributed by atoms with Crippen molar-refractivity contribution in [1.29, 1.82) is 0 Å². The van der Waals surface area contributed by atoms with Crippen LogP contribution < -0.4 is 11.2 Å². The second-order valence-corrected chi connectivity index (χ2v) is 4.00. The van der Waals surface area contributed by atoms with E-state index in [9.17, 15) is 19.2 Å². The number of H-pyrrole nitrogens is 1. The molecule has 2 heterocycles. The quantitative estimate of drug-likeness (QED) is 0.647. The monoisotopic (exact) mass is 246 g/mol. The Balaban J connectivity index is 2.26. The fraction of sp³-hybridized carbons (Fsp3) is 0.556. The second-order valence-electron chi connectivity index (χ2n) is 4.00. The lowest BCUT2D eigenvalue weighted by Gasteiger charge is -2.33. The highest BCUT2D eigenvalue weighted by atomic mass is 19.1. The van der Waals surface area contributed by atoms with Gasteiger partial charge in [0, 0.05) is 0 Å². The number of rotatable bonds is 2. The van der Waals surface area contributed by atoms with E-state index in [-0.39, 0.29) is 6.67 Å². The van der Waals surface area contributed by atoms with Crippen LogP contribution in [-0.4, -0.2) is 45.7 Å². The summed E-state index contributed by atoms with van der Waals surface area (Å²) in [7, 11) is 0. The number of morpholine rings is 1. The Bertz CT molecular complexity index is 518. The average molecular weight is 246 g/mol. The van der Waals surface area contributed by atoms with Crippen molar-refractivity contribution in [3.63, 3.8) is 0 Å². The Kier molecular flexibility index (Phi) is 3.09. The Hall–Kier alpha value is -1.51. The summed E-state index contributed by atoms with van der Waals surface area (Å²) in [6, 6.07) is 0. The minimum absolute atomic E-state index is 0.115. The minimum Gasteiger partial charge on any atom is -0.370 e. The molecule has 2 N–H and O–H groups in total. The molecule has 0 aliphatic carbocycles. The van der Waals surface area contributed by atoms with Crippen LogP contribution >= 0.6 is 0 Å². The molecule has 1 aromatic rings. The summed E-state index contributed by atoms with van der Waals surface area (Å²) in [6.07, 6.45) is 0.798. The SMILES string of the molecule is O=c1[nH]c(=O)n(C[N+]2(O)CCOCC2)cc1F. The molecule has 1 aliphatic heterocycles. The van der Waals surface area contributed by atoms with Gasteiger partial charge >= 0.3 is 5.69 Å². The van der Waals surface area contributed by atoms with Gasteiger partial charge in [-0.25, -0.2) is 14.6 Å². The van der Waals surface area contributed by atoms with Gasteiger partial charge in [0.15, 0.2) is 6.67 Å². The van der Waals surface area contributed by atoms with Gasteiger partial charge in [0.25, 0.3) is 5.56 Å². The van der Waals surface area contributed by atoms with Crippen LogP contribution in [-0.2, 0) is 11.4 Å². The first kappa shape index (κ1) is 12.0. The number of halogens is 1. The van der Waals surface area contributed by atoms with E-state index in [4.69, 9.17) is 4.74 Å². The van der Waals surface area contributed by atoms with Gasteiger partial charge in [0.2, 0.25) is 5.82 Å². The molecule has 0 bridgehead atoms. The lowest BCUT2D eigenvalue weighted by Crippen LogP contribution is -2.54. The van der Waals surface area contributed by atoms with Crippen molar-refractivity contribution < 1.29 is 19.0 Å². The number of hydrogen-bond donors (Lipinski definition) is 2. The van der Waals surface area contributed by atoms with Crippen LogP contribution in [0.25, 0.3) is 0 Å². The predicted molar refractivity (Wildman–Crippen MR) is 53.9 cm³/mol. The lowest BCUT2D eigenvalue weighted by atomic mass is 10.4. The number of aromatic nitrogens is 2. The molecular weight excluding hydrogens is 233 g/mol. The number of ether oxygens (including phenoxy) is 1. The molecule has 0 radical (unpaired) electrons. The molecule has 1 aromatic heterocycles. The van der Waals surface area contributed by atoms with Gasteiger partial charge in [0.1, 0.15) is 13.1 Å². The molecule has 94 valence electrons. The molecular formula is C9H13FN3O4+. The third-order valence-corrected chi connectivity index (χ3v) is 2.69. The van der Waals surface area contributed by atoms with E-state index >= 15 is 0 Å². The average Bonchev–Trinajstić information content (AvgIpc) is 2.26. The molecule has 1 saturated heterocycles. The largest absolute Gasteiger partial charge is 0.370 e. The van der Waals surface area contributed by atoms with E-state index in [2.05, 4.69) is 0 Å². The zero-order valence-corrected chi connectivity index (χ0v) is 9.06. The number of aromatic amines is 1. The van der Waals surface area contributed by atoms with E-state index in [1.165, 1.54) is 0 Å². The summed E-state index contributed by atoms with van der Waals surface area (Å²) in [4.78, 5) is 24.1. The maximum Gasteiger partial charge on any atom is 0.332 e. The molecule has 0 spiro atoms. The molecule has 1 aliphatic rings. The zero-order chi connectivity index (χ0) is 12.5.